The maximum absolute atomic E-state index is 13.1. The first-order chi connectivity index (χ1) is 8.10. The lowest BCUT2D eigenvalue weighted by molar-refractivity contribution is 0.415. The number of nitrogen functional groups attached to an aromatic ring is 1. The Hall–Kier alpha value is -2.10. The molecular formula is C13H11F2NO. The Morgan fingerprint density at radius 1 is 0.941 bits per heavy atom. The fourth-order valence-electron chi connectivity index (χ4n) is 1.58. The van der Waals surface area contributed by atoms with E-state index in [9.17, 15) is 8.78 Å². The van der Waals surface area contributed by atoms with Gasteiger partial charge in [-0.3, -0.25) is 0 Å². The fourth-order valence-corrected chi connectivity index (χ4v) is 1.58. The van der Waals surface area contributed by atoms with Crippen molar-refractivity contribution in [3.63, 3.8) is 0 Å². The van der Waals surface area contributed by atoms with E-state index >= 15 is 0 Å². The van der Waals surface area contributed by atoms with E-state index in [-0.39, 0.29) is 0 Å². The highest BCUT2D eigenvalue weighted by Gasteiger charge is 2.06. The molecule has 0 saturated heterocycles. The van der Waals surface area contributed by atoms with Gasteiger partial charge in [0.05, 0.1) is 7.11 Å². The molecule has 0 amide bonds. The summed E-state index contributed by atoms with van der Waals surface area (Å²) in [5, 5.41) is 0. The molecule has 4 heteroatoms. The highest BCUT2D eigenvalue weighted by atomic mass is 19.2. The van der Waals surface area contributed by atoms with Gasteiger partial charge >= 0.3 is 0 Å². The van der Waals surface area contributed by atoms with Crippen LogP contribution in [-0.4, -0.2) is 7.11 Å². The zero-order chi connectivity index (χ0) is 12.4. The predicted octanol–water partition coefficient (Wildman–Crippen LogP) is 3.22. The SMILES string of the molecule is COc1cc(N)cc(-c2ccc(F)c(F)c2)c1. The van der Waals surface area contributed by atoms with Crippen LogP contribution in [0.1, 0.15) is 0 Å². The van der Waals surface area contributed by atoms with Crippen LogP contribution in [0.3, 0.4) is 0 Å². The van der Waals surface area contributed by atoms with Crippen LogP contribution in [0.4, 0.5) is 14.5 Å². The molecular weight excluding hydrogens is 224 g/mol. The molecule has 0 fully saturated rings. The quantitative estimate of drug-likeness (QED) is 0.811. The third-order valence-corrected chi connectivity index (χ3v) is 2.42. The molecule has 17 heavy (non-hydrogen) atoms. The standard InChI is InChI=1S/C13H11F2NO/c1-17-11-5-9(4-10(16)7-11)8-2-3-12(14)13(15)6-8/h2-7H,16H2,1H3. The molecule has 0 aliphatic rings. The summed E-state index contributed by atoms with van der Waals surface area (Å²) in [7, 11) is 1.52. The molecule has 2 N–H and O–H groups in total. The van der Waals surface area contributed by atoms with Crippen molar-refractivity contribution in [1.29, 1.82) is 0 Å². The fraction of sp³-hybridized carbons (Fsp3) is 0.0769. The molecule has 0 bridgehead atoms. The second-order valence-electron chi connectivity index (χ2n) is 3.62. The molecule has 2 aromatic carbocycles. The molecule has 0 unspecified atom stereocenters. The van der Waals surface area contributed by atoms with Gasteiger partial charge in [-0.1, -0.05) is 6.07 Å². The van der Waals surface area contributed by atoms with Gasteiger partial charge in [-0.25, -0.2) is 8.78 Å². The van der Waals surface area contributed by atoms with Gasteiger partial charge in [-0.15, -0.1) is 0 Å². The van der Waals surface area contributed by atoms with Gasteiger partial charge in [0, 0.05) is 11.8 Å². The van der Waals surface area contributed by atoms with Gasteiger partial charge in [-0.05, 0) is 35.4 Å². The Kier molecular flexibility index (Phi) is 2.95. The summed E-state index contributed by atoms with van der Waals surface area (Å²) < 4.78 is 31.0. The minimum absolute atomic E-state index is 0.504. The highest BCUT2D eigenvalue weighted by Crippen LogP contribution is 2.28. The number of hydrogen-bond acceptors (Lipinski definition) is 2. The van der Waals surface area contributed by atoms with Crippen LogP contribution in [0.2, 0.25) is 0 Å². The van der Waals surface area contributed by atoms with E-state index in [1.807, 2.05) is 0 Å². The molecule has 0 heterocycles. The van der Waals surface area contributed by atoms with Crippen LogP contribution in [-0.2, 0) is 0 Å². The number of benzene rings is 2. The number of methoxy groups -OCH3 is 1. The lowest BCUT2D eigenvalue weighted by Crippen LogP contribution is -1.91. The molecule has 0 radical (unpaired) electrons. The lowest BCUT2D eigenvalue weighted by Gasteiger charge is -2.07. The van der Waals surface area contributed by atoms with E-state index < -0.39 is 11.6 Å². The Morgan fingerprint density at radius 3 is 2.35 bits per heavy atom. The van der Waals surface area contributed by atoms with Crippen molar-refractivity contribution >= 4 is 5.69 Å². The molecule has 0 aliphatic heterocycles. The molecule has 0 saturated carbocycles. The Bertz CT molecular complexity index is 555. The van der Waals surface area contributed by atoms with Crippen molar-refractivity contribution in [3.05, 3.63) is 48.0 Å². The molecule has 0 aliphatic carbocycles. The second kappa shape index (κ2) is 4.41. The average Bonchev–Trinajstić information content (AvgIpc) is 2.32. The van der Waals surface area contributed by atoms with E-state index in [4.69, 9.17) is 10.5 Å². The van der Waals surface area contributed by atoms with E-state index in [2.05, 4.69) is 0 Å². The normalized spacial score (nSPS) is 10.3. The van der Waals surface area contributed by atoms with Gasteiger partial charge in [0.15, 0.2) is 11.6 Å². The van der Waals surface area contributed by atoms with E-state index in [1.165, 1.54) is 13.2 Å². The van der Waals surface area contributed by atoms with Crippen molar-refractivity contribution in [2.45, 2.75) is 0 Å². The molecule has 0 aromatic heterocycles. The summed E-state index contributed by atoms with van der Waals surface area (Å²) in [5.41, 5.74) is 7.43. The first-order valence-electron chi connectivity index (χ1n) is 5.00. The topological polar surface area (TPSA) is 35.2 Å². The largest absolute Gasteiger partial charge is 0.497 e. The second-order valence-corrected chi connectivity index (χ2v) is 3.62. The van der Waals surface area contributed by atoms with E-state index in [1.54, 1.807) is 18.2 Å². The average molecular weight is 235 g/mol. The maximum Gasteiger partial charge on any atom is 0.159 e. The summed E-state index contributed by atoms with van der Waals surface area (Å²) >= 11 is 0. The van der Waals surface area contributed by atoms with Crippen molar-refractivity contribution in [2.75, 3.05) is 12.8 Å². The summed E-state index contributed by atoms with van der Waals surface area (Å²) in [6.45, 7) is 0. The van der Waals surface area contributed by atoms with E-state index in [0.717, 1.165) is 12.1 Å². The summed E-state index contributed by atoms with van der Waals surface area (Å²) in [4.78, 5) is 0. The zero-order valence-corrected chi connectivity index (χ0v) is 9.21. The highest BCUT2D eigenvalue weighted by molar-refractivity contribution is 5.69. The first-order valence-corrected chi connectivity index (χ1v) is 5.00. The van der Waals surface area contributed by atoms with Gasteiger partial charge < -0.3 is 10.5 Å². The number of nitrogens with two attached hydrogens (primary N) is 1. The van der Waals surface area contributed by atoms with Crippen molar-refractivity contribution in [1.82, 2.24) is 0 Å². The van der Waals surface area contributed by atoms with Crippen LogP contribution in [0.5, 0.6) is 5.75 Å². The molecule has 0 atom stereocenters. The van der Waals surface area contributed by atoms with Crippen LogP contribution < -0.4 is 10.5 Å². The molecule has 2 nitrogen and oxygen atoms in total. The maximum atomic E-state index is 13.1. The number of anilines is 1. The minimum Gasteiger partial charge on any atom is -0.497 e. The zero-order valence-electron chi connectivity index (χ0n) is 9.21. The Labute approximate surface area is 97.6 Å². The third kappa shape index (κ3) is 2.36. The van der Waals surface area contributed by atoms with Crippen LogP contribution in [0.15, 0.2) is 36.4 Å². The third-order valence-electron chi connectivity index (χ3n) is 2.42. The van der Waals surface area contributed by atoms with Gasteiger partial charge in [0.1, 0.15) is 5.75 Å². The van der Waals surface area contributed by atoms with Crippen LogP contribution in [0, 0.1) is 11.6 Å². The van der Waals surface area contributed by atoms with Crippen molar-refractivity contribution in [2.24, 2.45) is 0 Å². The predicted molar refractivity (Wildman–Crippen MR) is 62.8 cm³/mol. The Morgan fingerprint density at radius 2 is 1.71 bits per heavy atom. The molecule has 2 aromatic rings. The first kappa shape index (κ1) is 11.4. The summed E-state index contributed by atoms with van der Waals surface area (Å²) in [6, 6.07) is 8.75. The number of halogens is 2. The van der Waals surface area contributed by atoms with Crippen LogP contribution >= 0.6 is 0 Å². The van der Waals surface area contributed by atoms with Gasteiger partial charge in [0.2, 0.25) is 0 Å². The van der Waals surface area contributed by atoms with Gasteiger partial charge in [0.25, 0.3) is 0 Å². The summed E-state index contributed by atoms with van der Waals surface area (Å²) in [6.07, 6.45) is 0. The number of rotatable bonds is 2. The smallest absolute Gasteiger partial charge is 0.159 e. The molecule has 2 rings (SSSR count). The molecule has 88 valence electrons. The molecule has 0 spiro atoms. The monoisotopic (exact) mass is 235 g/mol. The Balaban J connectivity index is 2.52. The number of hydrogen-bond donors (Lipinski definition) is 1. The lowest BCUT2D eigenvalue weighted by atomic mass is 10.0. The minimum atomic E-state index is -0.885. The van der Waals surface area contributed by atoms with Crippen molar-refractivity contribution < 1.29 is 13.5 Å². The van der Waals surface area contributed by atoms with Gasteiger partial charge in [-0.2, -0.15) is 0 Å². The number of ether oxygens (including phenoxy) is 1. The van der Waals surface area contributed by atoms with E-state index in [0.29, 0.717) is 22.6 Å². The van der Waals surface area contributed by atoms with Crippen LogP contribution in [0.25, 0.3) is 11.1 Å². The van der Waals surface area contributed by atoms with Crippen molar-refractivity contribution in [3.8, 4) is 16.9 Å². The summed E-state index contributed by atoms with van der Waals surface area (Å²) in [5.74, 6) is -1.18.